The van der Waals surface area contributed by atoms with E-state index in [0.29, 0.717) is 5.41 Å². The van der Waals surface area contributed by atoms with Gasteiger partial charge in [0.05, 0.1) is 0 Å². The third kappa shape index (κ3) is 9.01. The van der Waals surface area contributed by atoms with Crippen LogP contribution in [0.5, 0.6) is 0 Å². The van der Waals surface area contributed by atoms with Crippen molar-refractivity contribution in [2.24, 2.45) is 10.6 Å². The zero-order chi connectivity index (χ0) is 9.45. The predicted octanol–water partition coefficient (Wildman–Crippen LogP) is 2.12. The van der Waals surface area contributed by atoms with Gasteiger partial charge in [-0.05, 0) is 11.8 Å². The van der Waals surface area contributed by atoms with Crippen molar-refractivity contribution in [2.75, 3.05) is 6.54 Å². The second-order valence-electron chi connectivity index (χ2n) is 3.77. The van der Waals surface area contributed by atoms with Gasteiger partial charge in [0.25, 0.3) is 0 Å². The zero-order valence-corrected chi connectivity index (χ0v) is 8.13. The Hall–Kier alpha value is -0.990. The third-order valence-corrected chi connectivity index (χ3v) is 1.30. The van der Waals surface area contributed by atoms with E-state index >= 15 is 0 Å². The maximum atomic E-state index is 4.54. The zero-order valence-electron chi connectivity index (χ0n) is 8.13. The van der Waals surface area contributed by atoms with Gasteiger partial charge in [0, 0.05) is 6.54 Å². The van der Waals surface area contributed by atoms with Crippen LogP contribution in [-0.2, 0) is 4.84 Å². The first-order valence-electron chi connectivity index (χ1n) is 4.08. The van der Waals surface area contributed by atoms with Crippen LogP contribution in [0, 0.1) is 5.41 Å². The molecule has 0 aromatic carbocycles. The van der Waals surface area contributed by atoms with Gasteiger partial charge in [-0.1, -0.05) is 32.5 Å². The highest BCUT2D eigenvalue weighted by Gasteiger charge is 2.07. The van der Waals surface area contributed by atoms with E-state index in [0.717, 1.165) is 13.0 Å². The minimum atomic E-state index is 0.361. The number of nitrogens with zero attached hydrogens (tertiary/aromatic N) is 1. The molecule has 70 valence electrons. The largest absolute Gasteiger partial charge is 0.373 e. The molecule has 0 amide bonds. The smallest absolute Gasteiger partial charge is 0.129 e. The molecule has 0 aromatic rings. The summed E-state index contributed by atoms with van der Waals surface area (Å²) in [6, 6.07) is 0. The van der Waals surface area contributed by atoms with Crippen LogP contribution in [0.2, 0.25) is 0 Å². The summed E-state index contributed by atoms with van der Waals surface area (Å²) in [7, 11) is 0. The SMILES string of the molecule is C=CO/N=C\NCCC(C)(C)C. The summed E-state index contributed by atoms with van der Waals surface area (Å²) in [5.74, 6) is 0. The Kier molecular flexibility index (Phi) is 5.17. The second-order valence-corrected chi connectivity index (χ2v) is 3.77. The summed E-state index contributed by atoms with van der Waals surface area (Å²) in [4.78, 5) is 4.54. The van der Waals surface area contributed by atoms with Gasteiger partial charge in [-0.25, -0.2) is 0 Å². The predicted molar refractivity (Wildman–Crippen MR) is 51.8 cm³/mol. The standard InChI is InChI=1S/C9H18N2O/c1-5-12-11-8-10-7-6-9(2,3)4/h5,8H,1,6-7H2,2-4H3,(H,10,11). The minimum absolute atomic E-state index is 0.361. The Morgan fingerprint density at radius 3 is 2.67 bits per heavy atom. The molecule has 0 unspecified atom stereocenters. The van der Waals surface area contributed by atoms with Crippen molar-refractivity contribution >= 4 is 6.34 Å². The van der Waals surface area contributed by atoms with Gasteiger partial charge >= 0.3 is 0 Å². The summed E-state index contributed by atoms with van der Waals surface area (Å²) >= 11 is 0. The molecule has 0 spiro atoms. The van der Waals surface area contributed by atoms with Crippen LogP contribution in [0.3, 0.4) is 0 Å². The molecule has 0 rings (SSSR count). The quantitative estimate of drug-likeness (QED) is 0.225. The van der Waals surface area contributed by atoms with Crippen LogP contribution in [0.15, 0.2) is 18.0 Å². The lowest BCUT2D eigenvalue weighted by Crippen LogP contribution is -2.19. The molecule has 0 heterocycles. The minimum Gasteiger partial charge on any atom is -0.373 e. The molecule has 0 saturated carbocycles. The van der Waals surface area contributed by atoms with Crippen molar-refractivity contribution in [3.8, 4) is 0 Å². The number of rotatable bonds is 5. The maximum absolute atomic E-state index is 4.54. The van der Waals surface area contributed by atoms with E-state index in [4.69, 9.17) is 0 Å². The highest BCUT2D eigenvalue weighted by molar-refractivity contribution is 5.53. The monoisotopic (exact) mass is 170 g/mol. The summed E-state index contributed by atoms with van der Waals surface area (Å²) in [5, 5.41) is 6.57. The molecule has 0 fully saturated rings. The normalized spacial score (nSPS) is 11.6. The third-order valence-electron chi connectivity index (χ3n) is 1.30. The van der Waals surface area contributed by atoms with E-state index < -0.39 is 0 Å². The number of nitrogens with one attached hydrogen (secondary N) is 1. The van der Waals surface area contributed by atoms with Gasteiger partial charge in [-0.2, -0.15) is 0 Å². The topological polar surface area (TPSA) is 33.6 Å². The van der Waals surface area contributed by atoms with E-state index in [1.54, 1.807) is 0 Å². The van der Waals surface area contributed by atoms with Crippen molar-refractivity contribution < 1.29 is 4.84 Å². The Morgan fingerprint density at radius 2 is 2.17 bits per heavy atom. The fourth-order valence-corrected chi connectivity index (χ4v) is 0.622. The van der Waals surface area contributed by atoms with Gasteiger partial charge in [0.15, 0.2) is 0 Å². The molecule has 0 aliphatic carbocycles. The molecule has 0 aliphatic rings. The lowest BCUT2D eigenvalue weighted by molar-refractivity contribution is 0.269. The van der Waals surface area contributed by atoms with E-state index in [9.17, 15) is 0 Å². The Bertz CT molecular complexity index is 147. The molecule has 0 saturated heterocycles. The van der Waals surface area contributed by atoms with Crippen molar-refractivity contribution in [3.05, 3.63) is 12.8 Å². The molecule has 0 aromatic heterocycles. The molecule has 3 heteroatoms. The molecule has 0 atom stereocenters. The average molecular weight is 170 g/mol. The maximum Gasteiger partial charge on any atom is 0.129 e. The van der Waals surface area contributed by atoms with E-state index in [1.165, 1.54) is 12.6 Å². The Labute approximate surface area is 74.5 Å². The highest BCUT2D eigenvalue weighted by atomic mass is 16.6. The van der Waals surface area contributed by atoms with Gasteiger partial charge in [-0.15, -0.1) is 0 Å². The number of hydrogen-bond donors (Lipinski definition) is 1. The van der Waals surface area contributed by atoms with Crippen molar-refractivity contribution in [3.63, 3.8) is 0 Å². The first-order valence-corrected chi connectivity index (χ1v) is 4.08. The summed E-state index contributed by atoms with van der Waals surface area (Å²) < 4.78 is 0. The van der Waals surface area contributed by atoms with Gasteiger partial charge < -0.3 is 10.2 Å². The molecule has 1 N–H and O–H groups in total. The molecule has 3 nitrogen and oxygen atoms in total. The lowest BCUT2D eigenvalue weighted by atomic mass is 9.92. The Balaban J connectivity index is 3.27. The van der Waals surface area contributed by atoms with Crippen molar-refractivity contribution in [1.82, 2.24) is 5.32 Å². The van der Waals surface area contributed by atoms with E-state index in [1.807, 2.05) is 0 Å². The van der Waals surface area contributed by atoms with Gasteiger partial charge in [0.2, 0.25) is 0 Å². The van der Waals surface area contributed by atoms with Crippen LogP contribution < -0.4 is 5.32 Å². The molecular weight excluding hydrogens is 152 g/mol. The van der Waals surface area contributed by atoms with Crippen LogP contribution >= 0.6 is 0 Å². The Morgan fingerprint density at radius 1 is 1.50 bits per heavy atom. The van der Waals surface area contributed by atoms with Crippen LogP contribution in [0.25, 0.3) is 0 Å². The molecular formula is C9H18N2O. The van der Waals surface area contributed by atoms with Crippen molar-refractivity contribution in [2.45, 2.75) is 27.2 Å². The van der Waals surface area contributed by atoms with Crippen LogP contribution in [-0.4, -0.2) is 12.9 Å². The van der Waals surface area contributed by atoms with Gasteiger partial charge in [0.1, 0.15) is 12.6 Å². The fraction of sp³-hybridized carbons (Fsp3) is 0.667. The lowest BCUT2D eigenvalue weighted by Gasteiger charge is -2.16. The van der Waals surface area contributed by atoms with E-state index in [2.05, 4.69) is 42.7 Å². The number of oxime groups is 1. The van der Waals surface area contributed by atoms with Gasteiger partial charge in [-0.3, -0.25) is 0 Å². The first-order chi connectivity index (χ1) is 5.56. The highest BCUT2D eigenvalue weighted by Crippen LogP contribution is 2.16. The second kappa shape index (κ2) is 5.63. The number of hydrogen-bond acceptors (Lipinski definition) is 2. The molecule has 0 radical (unpaired) electrons. The van der Waals surface area contributed by atoms with Crippen molar-refractivity contribution in [1.29, 1.82) is 0 Å². The summed E-state index contributed by atoms with van der Waals surface area (Å²) in [5.41, 5.74) is 0.361. The van der Waals surface area contributed by atoms with Crippen LogP contribution in [0.1, 0.15) is 27.2 Å². The van der Waals surface area contributed by atoms with Crippen LogP contribution in [0.4, 0.5) is 0 Å². The molecule has 12 heavy (non-hydrogen) atoms. The average Bonchev–Trinajstić information content (AvgIpc) is 1.94. The summed E-state index contributed by atoms with van der Waals surface area (Å²) in [6.45, 7) is 10.9. The fourth-order valence-electron chi connectivity index (χ4n) is 0.622. The summed E-state index contributed by atoms with van der Waals surface area (Å²) in [6.07, 6.45) is 3.92. The first kappa shape index (κ1) is 11.0. The molecule has 0 bridgehead atoms. The van der Waals surface area contributed by atoms with E-state index in [-0.39, 0.29) is 0 Å². The molecule has 0 aliphatic heterocycles.